The van der Waals surface area contributed by atoms with E-state index in [-0.39, 0.29) is 11.3 Å². The Bertz CT molecular complexity index is 739. The van der Waals surface area contributed by atoms with E-state index >= 15 is 0 Å². The van der Waals surface area contributed by atoms with E-state index in [1.807, 2.05) is 12.1 Å². The average molecular weight is 303 g/mol. The lowest BCUT2D eigenvalue weighted by Crippen LogP contribution is -2.32. The maximum atomic E-state index is 11.8. The van der Waals surface area contributed by atoms with Crippen LogP contribution in [0.3, 0.4) is 0 Å². The summed E-state index contributed by atoms with van der Waals surface area (Å²) in [5.74, 6) is 0.351. The van der Waals surface area contributed by atoms with Crippen molar-refractivity contribution in [3.8, 4) is 0 Å². The van der Waals surface area contributed by atoms with E-state index in [2.05, 4.69) is 42.6 Å². The Labute approximate surface area is 126 Å². The molecule has 1 aliphatic heterocycles. The second-order valence-electron chi connectivity index (χ2n) is 5.87. The molecular formula is C17H21NO2S. The average Bonchev–Trinajstić information content (AvgIpc) is 2.83. The smallest absolute Gasteiger partial charge is 0.154 e. The standard InChI is InChI=1S/C17H21NO2S/c1-13(18-12-17-7-4-10-21(17,19)20)15-9-8-14-5-2-3-6-16(14)11-15/h2-3,5-6,8-9,11,13,17-18H,4,7,10,12H2,1H3. The van der Waals surface area contributed by atoms with Gasteiger partial charge < -0.3 is 5.32 Å². The molecule has 4 heteroatoms. The molecule has 0 aromatic heterocycles. The quantitative estimate of drug-likeness (QED) is 0.944. The van der Waals surface area contributed by atoms with Crippen molar-refractivity contribution in [3.05, 3.63) is 48.0 Å². The van der Waals surface area contributed by atoms with Gasteiger partial charge in [0.25, 0.3) is 0 Å². The van der Waals surface area contributed by atoms with Crippen molar-refractivity contribution in [2.45, 2.75) is 31.1 Å². The lowest BCUT2D eigenvalue weighted by atomic mass is 10.0. The van der Waals surface area contributed by atoms with E-state index in [1.165, 1.54) is 16.3 Å². The van der Waals surface area contributed by atoms with Crippen molar-refractivity contribution in [1.29, 1.82) is 0 Å². The van der Waals surface area contributed by atoms with Crippen LogP contribution in [0.25, 0.3) is 10.8 Å². The predicted molar refractivity (Wildman–Crippen MR) is 87.2 cm³/mol. The molecule has 1 fully saturated rings. The van der Waals surface area contributed by atoms with Gasteiger partial charge in [-0.05, 0) is 42.2 Å². The summed E-state index contributed by atoms with van der Waals surface area (Å²) in [6.45, 7) is 2.64. The summed E-state index contributed by atoms with van der Waals surface area (Å²) in [4.78, 5) is 0. The number of sulfone groups is 1. The van der Waals surface area contributed by atoms with Crippen molar-refractivity contribution in [3.63, 3.8) is 0 Å². The maximum Gasteiger partial charge on any atom is 0.154 e. The minimum absolute atomic E-state index is 0.158. The van der Waals surface area contributed by atoms with E-state index in [9.17, 15) is 8.42 Å². The summed E-state index contributed by atoms with van der Waals surface area (Å²) in [6, 6.07) is 14.8. The Morgan fingerprint density at radius 1 is 1.19 bits per heavy atom. The van der Waals surface area contributed by atoms with E-state index in [1.54, 1.807) is 0 Å². The predicted octanol–water partition coefficient (Wildman–Crippen LogP) is 3.07. The van der Waals surface area contributed by atoms with Gasteiger partial charge in [0.15, 0.2) is 9.84 Å². The second-order valence-corrected chi connectivity index (χ2v) is 8.27. The first-order valence-corrected chi connectivity index (χ1v) is 9.21. The number of benzene rings is 2. The van der Waals surface area contributed by atoms with Crippen LogP contribution in [-0.4, -0.2) is 26.0 Å². The minimum atomic E-state index is -2.86. The van der Waals surface area contributed by atoms with Gasteiger partial charge in [0.2, 0.25) is 0 Å². The Morgan fingerprint density at radius 2 is 1.95 bits per heavy atom. The highest BCUT2D eigenvalue weighted by molar-refractivity contribution is 7.92. The second kappa shape index (κ2) is 5.78. The first kappa shape index (κ1) is 14.5. The Morgan fingerprint density at radius 3 is 2.67 bits per heavy atom. The Kier molecular flexibility index (Phi) is 4.00. The molecule has 2 aromatic carbocycles. The van der Waals surface area contributed by atoms with Gasteiger partial charge in [0.1, 0.15) is 0 Å². The van der Waals surface area contributed by atoms with Gasteiger partial charge in [-0.25, -0.2) is 8.42 Å². The van der Waals surface area contributed by atoms with Gasteiger partial charge in [0, 0.05) is 12.6 Å². The summed E-state index contributed by atoms with van der Waals surface area (Å²) in [5.41, 5.74) is 1.20. The number of hydrogen-bond acceptors (Lipinski definition) is 3. The third kappa shape index (κ3) is 3.11. The van der Waals surface area contributed by atoms with Crippen LogP contribution < -0.4 is 5.32 Å². The van der Waals surface area contributed by atoms with Crippen molar-refractivity contribution >= 4 is 20.6 Å². The molecule has 2 atom stereocenters. The van der Waals surface area contributed by atoms with Crippen LogP contribution in [0.2, 0.25) is 0 Å². The molecule has 0 aliphatic carbocycles. The zero-order valence-corrected chi connectivity index (χ0v) is 13.1. The van der Waals surface area contributed by atoms with E-state index in [4.69, 9.17) is 0 Å². The Hall–Kier alpha value is -1.39. The normalized spacial score (nSPS) is 22.4. The van der Waals surface area contributed by atoms with Gasteiger partial charge in [-0.15, -0.1) is 0 Å². The molecule has 1 aliphatic rings. The third-order valence-corrected chi connectivity index (χ3v) is 6.66. The molecule has 112 valence electrons. The van der Waals surface area contributed by atoms with Crippen LogP contribution in [0.15, 0.2) is 42.5 Å². The maximum absolute atomic E-state index is 11.8. The van der Waals surface area contributed by atoms with Crippen LogP contribution >= 0.6 is 0 Å². The SMILES string of the molecule is CC(NCC1CCCS1(=O)=O)c1ccc2ccccc2c1. The molecule has 0 amide bonds. The number of nitrogens with one attached hydrogen (secondary N) is 1. The molecule has 2 unspecified atom stereocenters. The number of fused-ring (bicyclic) bond motifs is 1. The highest BCUT2D eigenvalue weighted by Gasteiger charge is 2.31. The van der Waals surface area contributed by atoms with Crippen molar-refractivity contribution in [2.24, 2.45) is 0 Å². The molecule has 1 heterocycles. The van der Waals surface area contributed by atoms with Crippen molar-refractivity contribution < 1.29 is 8.42 Å². The fourth-order valence-electron chi connectivity index (χ4n) is 2.99. The molecular weight excluding hydrogens is 282 g/mol. The fourth-order valence-corrected chi connectivity index (χ4v) is 4.77. The van der Waals surface area contributed by atoms with Crippen LogP contribution in [0, 0.1) is 0 Å². The minimum Gasteiger partial charge on any atom is -0.309 e. The molecule has 1 saturated heterocycles. The zero-order valence-electron chi connectivity index (χ0n) is 12.2. The number of hydrogen-bond donors (Lipinski definition) is 1. The molecule has 21 heavy (non-hydrogen) atoms. The van der Waals surface area contributed by atoms with Crippen LogP contribution in [-0.2, 0) is 9.84 Å². The first-order valence-electron chi connectivity index (χ1n) is 7.50. The summed E-state index contributed by atoms with van der Waals surface area (Å²) >= 11 is 0. The molecule has 1 N–H and O–H groups in total. The largest absolute Gasteiger partial charge is 0.309 e. The molecule has 3 rings (SSSR count). The number of rotatable bonds is 4. The van der Waals surface area contributed by atoms with Crippen LogP contribution in [0.1, 0.15) is 31.4 Å². The summed E-state index contributed by atoms with van der Waals surface area (Å²) in [6.07, 6.45) is 1.60. The van der Waals surface area contributed by atoms with Gasteiger partial charge in [-0.3, -0.25) is 0 Å². The van der Waals surface area contributed by atoms with Gasteiger partial charge in [-0.2, -0.15) is 0 Å². The molecule has 0 saturated carbocycles. The zero-order chi connectivity index (χ0) is 14.9. The molecule has 0 spiro atoms. The lowest BCUT2D eigenvalue weighted by Gasteiger charge is -2.17. The van der Waals surface area contributed by atoms with Gasteiger partial charge in [-0.1, -0.05) is 36.4 Å². The molecule has 2 aromatic rings. The van der Waals surface area contributed by atoms with Crippen LogP contribution in [0.5, 0.6) is 0 Å². The lowest BCUT2D eigenvalue weighted by molar-refractivity contribution is 0.538. The van der Waals surface area contributed by atoms with Crippen molar-refractivity contribution in [2.75, 3.05) is 12.3 Å². The Balaban J connectivity index is 1.70. The summed E-state index contributed by atoms with van der Waals surface area (Å²) in [7, 11) is -2.86. The molecule has 3 nitrogen and oxygen atoms in total. The van der Waals surface area contributed by atoms with E-state index < -0.39 is 9.84 Å². The summed E-state index contributed by atoms with van der Waals surface area (Å²) < 4.78 is 23.7. The molecule has 0 radical (unpaired) electrons. The monoisotopic (exact) mass is 303 g/mol. The van der Waals surface area contributed by atoms with E-state index in [0.29, 0.717) is 12.3 Å². The van der Waals surface area contributed by atoms with Gasteiger partial charge in [0.05, 0.1) is 11.0 Å². The highest BCUT2D eigenvalue weighted by Crippen LogP contribution is 2.22. The fraction of sp³-hybridized carbons (Fsp3) is 0.412. The first-order chi connectivity index (χ1) is 10.1. The molecule has 0 bridgehead atoms. The topological polar surface area (TPSA) is 46.2 Å². The highest BCUT2D eigenvalue weighted by atomic mass is 32.2. The van der Waals surface area contributed by atoms with Gasteiger partial charge >= 0.3 is 0 Å². The van der Waals surface area contributed by atoms with Crippen molar-refractivity contribution in [1.82, 2.24) is 5.32 Å². The van der Waals surface area contributed by atoms with Crippen LogP contribution in [0.4, 0.5) is 0 Å². The van der Waals surface area contributed by atoms with E-state index in [0.717, 1.165) is 12.8 Å². The third-order valence-electron chi connectivity index (χ3n) is 4.39. The summed E-state index contributed by atoms with van der Waals surface area (Å²) in [5, 5.41) is 5.62.